The van der Waals surface area contributed by atoms with Crippen LogP contribution < -0.4 is 10.1 Å². The number of nitrogens with one attached hydrogen (secondary N) is 1. The van der Waals surface area contributed by atoms with Crippen LogP contribution in [0, 0.1) is 0 Å². The molecule has 150 valence electrons. The Balaban J connectivity index is 1.54. The van der Waals surface area contributed by atoms with Gasteiger partial charge < -0.3 is 19.2 Å². The van der Waals surface area contributed by atoms with Crippen LogP contribution in [-0.4, -0.2) is 17.8 Å². The number of carbonyl (C=O) groups excluding carboxylic acids is 2. The highest BCUT2D eigenvalue weighted by Gasteiger charge is 2.15. The van der Waals surface area contributed by atoms with Gasteiger partial charge in [0.15, 0.2) is 11.9 Å². The zero-order valence-electron chi connectivity index (χ0n) is 16.4. The Labute approximate surface area is 169 Å². The molecule has 0 aliphatic heterocycles. The quantitative estimate of drug-likeness (QED) is 0.538. The summed E-state index contributed by atoms with van der Waals surface area (Å²) < 4.78 is 16.5. The van der Waals surface area contributed by atoms with E-state index in [1.54, 1.807) is 43.5 Å². The minimum Gasteiger partial charge on any atom is -0.481 e. The summed E-state index contributed by atoms with van der Waals surface area (Å²) in [6.45, 7) is 3.93. The standard InChI is InChI=1S/C23H23NO5/c1-16(25)19-7-4-9-21(13-19)29-17(2)23(26)24-20-8-3-6-18(12-20)14-27-15-22-10-5-11-28-22/h3-13,17H,14-15H2,1-2H3,(H,24,26). The lowest BCUT2D eigenvalue weighted by Gasteiger charge is -2.15. The maximum absolute atomic E-state index is 12.5. The van der Waals surface area contributed by atoms with Crippen LogP contribution in [0.5, 0.6) is 5.75 Å². The third-order valence-corrected chi connectivity index (χ3v) is 4.21. The molecule has 3 rings (SSSR count). The smallest absolute Gasteiger partial charge is 0.265 e. The second-order valence-electron chi connectivity index (χ2n) is 6.61. The van der Waals surface area contributed by atoms with Crippen molar-refractivity contribution in [3.05, 3.63) is 83.8 Å². The topological polar surface area (TPSA) is 77.8 Å². The van der Waals surface area contributed by atoms with Gasteiger partial charge in [0.05, 0.1) is 12.9 Å². The van der Waals surface area contributed by atoms with E-state index in [0.717, 1.165) is 11.3 Å². The SMILES string of the molecule is CC(=O)c1cccc(OC(C)C(=O)Nc2cccc(COCc3ccco3)c2)c1. The Morgan fingerprint density at radius 2 is 1.86 bits per heavy atom. The van der Waals surface area contributed by atoms with Gasteiger partial charge in [0, 0.05) is 11.3 Å². The number of carbonyl (C=O) groups is 2. The molecule has 6 heteroatoms. The van der Waals surface area contributed by atoms with E-state index in [1.165, 1.54) is 6.92 Å². The van der Waals surface area contributed by atoms with Gasteiger partial charge in [0.1, 0.15) is 18.1 Å². The lowest BCUT2D eigenvalue weighted by atomic mass is 10.1. The highest BCUT2D eigenvalue weighted by Crippen LogP contribution is 2.17. The van der Waals surface area contributed by atoms with E-state index in [0.29, 0.717) is 30.2 Å². The van der Waals surface area contributed by atoms with Crippen LogP contribution in [-0.2, 0) is 22.7 Å². The van der Waals surface area contributed by atoms with Crippen molar-refractivity contribution in [3.63, 3.8) is 0 Å². The van der Waals surface area contributed by atoms with E-state index in [4.69, 9.17) is 13.9 Å². The summed E-state index contributed by atoms with van der Waals surface area (Å²) >= 11 is 0. The van der Waals surface area contributed by atoms with Crippen molar-refractivity contribution >= 4 is 17.4 Å². The van der Waals surface area contributed by atoms with Gasteiger partial charge in [0.25, 0.3) is 5.91 Å². The zero-order chi connectivity index (χ0) is 20.6. The van der Waals surface area contributed by atoms with Crippen molar-refractivity contribution in [2.75, 3.05) is 5.32 Å². The molecule has 0 aliphatic carbocycles. The number of rotatable bonds is 9. The van der Waals surface area contributed by atoms with Crippen molar-refractivity contribution in [3.8, 4) is 5.75 Å². The molecular formula is C23H23NO5. The number of furan rings is 1. The molecule has 2 aromatic carbocycles. The number of benzene rings is 2. The first-order valence-corrected chi connectivity index (χ1v) is 9.29. The van der Waals surface area contributed by atoms with Gasteiger partial charge in [-0.3, -0.25) is 9.59 Å². The molecule has 0 bridgehead atoms. The molecule has 3 aromatic rings. The average molecular weight is 393 g/mol. The normalized spacial score (nSPS) is 11.7. The van der Waals surface area contributed by atoms with E-state index >= 15 is 0 Å². The summed E-state index contributed by atoms with van der Waals surface area (Å²) in [6.07, 6.45) is 0.880. The highest BCUT2D eigenvalue weighted by molar-refractivity contribution is 5.95. The van der Waals surface area contributed by atoms with Crippen LogP contribution in [0.2, 0.25) is 0 Å². The lowest BCUT2D eigenvalue weighted by Crippen LogP contribution is -2.30. The number of Topliss-reactive ketones (excluding diaryl/α,β-unsaturated/α-hetero) is 1. The van der Waals surface area contributed by atoms with Crippen LogP contribution in [0.25, 0.3) is 0 Å². The Morgan fingerprint density at radius 1 is 1.03 bits per heavy atom. The molecule has 1 amide bonds. The summed E-state index contributed by atoms with van der Waals surface area (Å²) in [7, 11) is 0. The largest absolute Gasteiger partial charge is 0.481 e. The second kappa shape index (κ2) is 9.71. The summed E-state index contributed by atoms with van der Waals surface area (Å²) in [5.41, 5.74) is 2.12. The van der Waals surface area contributed by atoms with Crippen LogP contribution in [0.3, 0.4) is 0 Å². The Bertz CT molecular complexity index is 965. The van der Waals surface area contributed by atoms with Gasteiger partial charge in [-0.15, -0.1) is 0 Å². The third kappa shape index (κ3) is 6.05. The fraction of sp³-hybridized carbons (Fsp3) is 0.217. The van der Waals surface area contributed by atoms with Crippen molar-refractivity contribution < 1.29 is 23.5 Å². The second-order valence-corrected chi connectivity index (χ2v) is 6.61. The molecule has 1 unspecified atom stereocenters. The molecule has 1 aromatic heterocycles. The number of hydrogen-bond donors (Lipinski definition) is 1. The summed E-state index contributed by atoms with van der Waals surface area (Å²) in [5, 5.41) is 2.84. The molecule has 6 nitrogen and oxygen atoms in total. The van der Waals surface area contributed by atoms with Gasteiger partial charge in [0.2, 0.25) is 0 Å². The van der Waals surface area contributed by atoms with Crippen LogP contribution in [0.1, 0.15) is 35.5 Å². The molecule has 1 N–H and O–H groups in total. The first-order chi connectivity index (χ1) is 14.0. The third-order valence-electron chi connectivity index (χ3n) is 4.21. The predicted molar refractivity (Wildman–Crippen MR) is 109 cm³/mol. The number of anilines is 1. The van der Waals surface area contributed by atoms with Gasteiger partial charge in [-0.1, -0.05) is 24.3 Å². The minimum atomic E-state index is -0.726. The van der Waals surface area contributed by atoms with Gasteiger partial charge in [-0.05, 0) is 55.8 Å². The van der Waals surface area contributed by atoms with E-state index in [1.807, 2.05) is 30.3 Å². The van der Waals surface area contributed by atoms with E-state index in [-0.39, 0.29) is 11.7 Å². The molecule has 0 saturated heterocycles. The minimum absolute atomic E-state index is 0.0568. The number of ether oxygens (including phenoxy) is 2. The molecule has 1 atom stereocenters. The van der Waals surface area contributed by atoms with Crippen LogP contribution in [0.4, 0.5) is 5.69 Å². The maximum Gasteiger partial charge on any atom is 0.265 e. The lowest BCUT2D eigenvalue weighted by molar-refractivity contribution is -0.122. The van der Waals surface area contributed by atoms with E-state index in [9.17, 15) is 9.59 Å². The summed E-state index contributed by atoms with van der Waals surface area (Å²) in [4.78, 5) is 24.0. The Morgan fingerprint density at radius 3 is 2.62 bits per heavy atom. The van der Waals surface area contributed by atoms with Crippen LogP contribution in [0.15, 0.2) is 71.3 Å². The van der Waals surface area contributed by atoms with Gasteiger partial charge in [-0.25, -0.2) is 0 Å². The molecule has 1 heterocycles. The first kappa shape index (κ1) is 20.4. The number of amides is 1. The predicted octanol–water partition coefficient (Wildman–Crippen LogP) is 4.61. The molecule has 0 fully saturated rings. The Kier molecular flexibility index (Phi) is 6.81. The highest BCUT2D eigenvalue weighted by atomic mass is 16.5. The Hall–Kier alpha value is -3.38. The van der Waals surface area contributed by atoms with E-state index in [2.05, 4.69) is 5.32 Å². The van der Waals surface area contributed by atoms with Crippen molar-refractivity contribution in [1.29, 1.82) is 0 Å². The van der Waals surface area contributed by atoms with Crippen molar-refractivity contribution in [1.82, 2.24) is 0 Å². The first-order valence-electron chi connectivity index (χ1n) is 9.29. The molecule has 29 heavy (non-hydrogen) atoms. The number of hydrogen-bond acceptors (Lipinski definition) is 5. The van der Waals surface area contributed by atoms with Gasteiger partial charge >= 0.3 is 0 Å². The fourth-order valence-electron chi connectivity index (χ4n) is 2.69. The average Bonchev–Trinajstić information content (AvgIpc) is 3.22. The van der Waals surface area contributed by atoms with Gasteiger partial charge in [-0.2, -0.15) is 0 Å². The molecule has 0 aliphatic rings. The van der Waals surface area contributed by atoms with Crippen molar-refractivity contribution in [2.24, 2.45) is 0 Å². The summed E-state index contributed by atoms with van der Waals surface area (Å²) in [5.74, 6) is 0.889. The van der Waals surface area contributed by atoms with Crippen molar-refractivity contribution in [2.45, 2.75) is 33.2 Å². The molecule has 0 spiro atoms. The van der Waals surface area contributed by atoms with E-state index < -0.39 is 6.10 Å². The van der Waals surface area contributed by atoms with Crippen LogP contribution >= 0.6 is 0 Å². The molecule has 0 saturated carbocycles. The fourth-order valence-corrected chi connectivity index (χ4v) is 2.69. The number of ketones is 1. The monoisotopic (exact) mass is 393 g/mol. The molecule has 0 radical (unpaired) electrons. The maximum atomic E-state index is 12.5. The molecular weight excluding hydrogens is 370 g/mol. The zero-order valence-corrected chi connectivity index (χ0v) is 16.4. The summed E-state index contributed by atoms with van der Waals surface area (Å²) in [6, 6.07) is 17.9.